The SMILES string of the molecule is COCC(=O)N1CCN(c2ccc(Cl)cc2C#N)CC1. The van der Waals surface area contributed by atoms with Crippen LogP contribution in [0.3, 0.4) is 0 Å². The van der Waals surface area contributed by atoms with Crippen LogP contribution in [-0.4, -0.2) is 50.7 Å². The quantitative estimate of drug-likeness (QED) is 0.847. The van der Waals surface area contributed by atoms with Crippen molar-refractivity contribution >= 4 is 23.2 Å². The predicted molar refractivity (Wildman–Crippen MR) is 76.8 cm³/mol. The van der Waals surface area contributed by atoms with E-state index in [1.165, 1.54) is 7.11 Å². The normalized spacial score (nSPS) is 15.1. The predicted octanol–water partition coefficient (Wildman–Crippen LogP) is 1.51. The van der Waals surface area contributed by atoms with Crippen LogP contribution in [0.5, 0.6) is 0 Å². The molecule has 0 N–H and O–H groups in total. The number of anilines is 1. The van der Waals surface area contributed by atoms with E-state index in [9.17, 15) is 4.79 Å². The summed E-state index contributed by atoms with van der Waals surface area (Å²) in [5.41, 5.74) is 1.44. The second kappa shape index (κ2) is 6.60. The van der Waals surface area contributed by atoms with Crippen LogP contribution >= 0.6 is 11.6 Å². The summed E-state index contributed by atoms with van der Waals surface area (Å²) in [6.07, 6.45) is 0. The van der Waals surface area contributed by atoms with Crippen LogP contribution in [0.2, 0.25) is 5.02 Å². The fourth-order valence-electron chi connectivity index (χ4n) is 2.29. The lowest BCUT2D eigenvalue weighted by Crippen LogP contribution is -2.49. The van der Waals surface area contributed by atoms with Gasteiger partial charge in [-0.3, -0.25) is 4.79 Å². The van der Waals surface area contributed by atoms with E-state index in [1.54, 1.807) is 17.0 Å². The third-order valence-corrected chi connectivity index (χ3v) is 3.56. The molecule has 0 aliphatic carbocycles. The summed E-state index contributed by atoms with van der Waals surface area (Å²) in [6, 6.07) is 7.46. The number of benzene rings is 1. The van der Waals surface area contributed by atoms with Gasteiger partial charge in [-0.2, -0.15) is 5.26 Å². The molecule has 1 aliphatic heterocycles. The first-order chi connectivity index (χ1) is 9.65. The number of methoxy groups -OCH3 is 1. The van der Waals surface area contributed by atoms with E-state index in [-0.39, 0.29) is 12.5 Å². The fourth-order valence-corrected chi connectivity index (χ4v) is 2.46. The van der Waals surface area contributed by atoms with Crippen molar-refractivity contribution in [2.24, 2.45) is 0 Å². The molecule has 0 unspecified atom stereocenters. The van der Waals surface area contributed by atoms with Crippen LogP contribution in [0.1, 0.15) is 5.56 Å². The number of nitriles is 1. The maximum atomic E-state index is 11.7. The fraction of sp³-hybridized carbons (Fsp3) is 0.429. The molecule has 1 aromatic rings. The van der Waals surface area contributed by atoms with E-state index in [0.29, 0.717) is 36.8 Å². The van der Waals surface area contributed by atoms with Gasteiger partial charge < -0.3 is 14.5 Å². The molecule has 0 bridgehead atoms. The number of nitrogens with zero attached hydrogens (tertiary/aromatic N) is 3. The number of halogens is 1. The smallest absolute Gasteiger partial charge is 0.248 e. The van der Waals surface area contributed by atoms with E-state index in [4.69, 9.17) is 21.6 Å². The van der Waals surface area contributed by atoms with Crippen LogP contribution in [0.15, 0.2) is 18.2 Å². The number of hydrogen-bond acceptors (Lipinski definition) is 4. The number of carbonyl (C=O) groups is 1. The summed E-state index contributed by atoms with van der Waals surface area (Å²) in [5, 5.41) is 9.72. The third-order valence-electron chi connectivity index (χ3n) is 3.32. The topological polar surface area (TPSA) is 56.6 Å². The molecule has 1 saturated heterocycles. The summed E-state index contributed by atoms with van der Waals surface area (Å²) >= 11 is 5.90. The molecule has 1 fully saturated rings. The van der Waals surface area contributed by atoms with Gasteiger partial charge in [0.1, 0.15) is 12.7 Å². The number of piperazine rings is 1. The largest absolute Gasteiger partial charge is 0.375 e. The van der Waals surface area contributed by atoms with Crippen molar-refractivity contribution in [1.29, 1.82) is 5.26 Å². The molecule has 2 rings (SSSR count). The Kier molecular flexibility index (Phi) is 4.83. The Morgan fingerprint density at radius 2 is 2.10 bits per heavy atom. The summed E-state index contributed by atoms with van der Waals surface area (Å²) in [6.45, 7) is 2.79. The van der Waals surface area contributed by atoms with Crippen molar-refractivity contribution in [2.45, 2.75) is 0 Å². The highest BCUT2D eigenvalue weighted by Gasteiger charge is 2.22. The first-order valence-corrected chi connectivity index (χ1v) is 6.75. The zero-order valence-corrected chi connectivity index (χ0v) is 12.1. The molecule has 1 heterocycles. The van der Waals surface area contributed by atoms with Gasteiger partial charge in [-0.1, -0.05) is 11.6 Å². The Hall–Kier alpha value is -1.77. The van der Waals surface area contributed by atoms with Crippen molar-refractivity contribution in [2.75, 3.05) is 44.8 Å². The lowest BCUT2D eigenvalue weighted by Gasteiger charge is -2.36. The van der Waals surface area contributed by atoms with Gasteiger partial charge in [0.15, 0.2) is 0 Å². The summed E-state index contributed by atoms with van der Waals surface area (Å²) < 4.78 is 4.86. The summed E-state index contributed by atoms with van der Waals surface area (Å²) in [7, 11) is 1.51. The molecule has 0 spiro atoms. The molecular formula is C14H16ClN3O2. The Morgan fingerprint density at radius 1 is 1.40 bits per heavy atom. The first kappa shape index (κ1) is 14.6. The van der Waals surface area contributed by atoms with E-state index < -0.39 is 0 Å². The zero-order valence-electron chi connectivity index (χ0n) is 11.3. The second-order valence-electron chi connectivity index (χ2n) is 4.57. The van der Waals surface area contributed by atoms with Gasteiger partial charge in [0, 0.05) is 38.3 Å². The highest BCUT2D eigenvalue weighted by Crippen LogP contribution is 2.24. The Bertz CT molecular complexity index is 534. The molecule has 5 nitrogen and oxygen atoms in total. The van der Waals surface area contributed by atoms with Gasteiger partial charge in [0.05, 0.1) is 11.3 Å². The number of carbonyl (C=O) groups excluding carboxylic acids is 1. The maximum Gasteiger partial charge on any atom is 0.248 e. The average Bonchev–Trinajstić information content (AvgIpc) is 2.47. The minimum atomic E-state index is 0.00348. The van der Waals surface area contributed by atoms with Crippen LogP contribution in [0.4, 0.5) is 5.69 Å². The molecule has 0 saturated carbocycles. The van der Waals surface area contributed by atoms with Crippen molar-refractivity contribution < 1.29 is 9.53 Å². The van der Waals surface area contributed by atoms with Crippen LogP contribution < -0.4 is 4.90 Å². The lowest BCUT2D eigenvalue weighted by molar-refractivity contribution is -0.135. The number of hydrogen-bond donors (Lipinski definition) is 0. The van der Waals surface area contributed by atoms with Crippen molar-refractivity contribution in [1.82, 2.24) is 4.90 Å². The summed E-state index contributed by atoms with van der Waals surface area (Å²) in [5.74, 6) is 0.00348. The first-order valence-electron chi connectivity index (χ1n) is 6.37. The standard InChI is InChI=1S/C14H16ClN3O2/c1-20-10-14(19)18-6-4-17(5-7-18)13-3-2-12(15)8-11(13)9-16/h2-3,8H,4-7,10H2,1H3. The molecule has 1 amide bonds. The molecule has 6 heteroatoms. The highest BCUT2D eigenvalue weighted by molar-refractivity contribution is 6.30. The Morgan fingerprint density at radius 3 is 2.70 bits per heavy atom. The van der Waals surface area contributed by atoms with Crippen molar-refractivity contribution in [3.8, 4) is 6.07 Å². The molecule has 0 aromatic heterocycles. The van der Waals surface area contributed by atoms with E-state index >= 15 is 0 Å². The van der Waals surface area contributed by atoms with Gasteiger partial charge in [0.2, 0.25) is 5.91 Å². The zero-order chi connectivity index (χ0) is 14.5. The Labute approximate surface area is 123 Å². The van der Waals surface area contributed by atoms with Gasteiger partial charge in [-0.25, -0.2) is 0 Å². The number of rotatable bonds is 3. The number of amides is 1. The number of ether oxygens (including phenoxy) is 1. The van der Waals surface area contributed by atoms with Crippen LogP contribution in [0.25, 0.3) is 0 Å². The van der Waals surface area contributed by atoms with E-state index in [2.05, 4.69) is 11.0 Å². The van der Waals surface area contributed by atoms with Gasteiger partial charge in [-0.05, 0) is 18.2 Å². The van der Waals surface area contributed by atoms with E-state index in [0.717, 1.165) is 5.69 Å². The Balaban J connectivity index is 2.04. The molecule has 106 valence electrons. The van der Waals surface area contributed by atoms with Gasteiger partial charge >= 0.3 is 0 Å². The van der Waals surface area contributed by atoms with Gasteiger partial charge in [-0.15, -0.1) is 0 Å². The van der Waals surface area contributed by atoms with Gasteiger partial charge in [0.25, 0.3) is 0 Å². The maximum absolute atomic E-state index is 11.7. The molecule has 20 heavy (non-hydrogen) atoms. The molecule has 1 aliphatic rings. The molecular weight excluding hydrogens is 278 g/mol. The van der Waals surface area contributed by atoms with Crippen molar-refractivity contribution in [3.63, 3.8) is 0 Å². The molecule has 1 aromatic carbocycles. The second-order valence-corrected chi connectivity index (χ2v) is 5.01. The average molecular weight is 294 g/mol. The van der Waals surface area contributed by atoms with Crippen LogP contribution in [-0.2, 0) is 9.53 Å². The summed E-state index contributed by atoms with van der Waals surface area (Å²) in [4.78, 5) is 15.6. The van der Waals surface area contributed by atoms with Crippen LogP contribution in [0, 0.1) is 11.3 Å². The molecule has 0 atom stereocenters. The minimum absolute atomic E-state index is 0.00348. The lowest BCUT2D eigenvalue weighted by atomic mass is 10.1. The van der Waals surface area contributed by atoms with Crippen molar-refractivity contribution in [3.05, 3.63) is 28.8 Å². The minimum Gasteiger partial charge on any atom is -0.375 e. The van der Waals surface area contributed by atoms with E-state index in [1.807, 2.05) is 6.07 Å². The molecule has 0 radical (unpaired) electrons. The monoisotopic (exact) mass is 293 g/mol. The highest BCUT2D eigenvalue weighted by atomic mass is 35.5. The third kappa shape index (κ3) is 3.21.